The Morgan fingerprint density at radius 3 is 2.43 bits per heavy atom. The number of hydrogen-bond donors (Lipinski definition) is 0. The van der Waals surface area contributed by atoms with E-state index in [0.29, 0.717) is 5.37 Å². The van der Waals surface area contributed by atoms with E-state index >= 15 is 0 Å². The van der Waals surface area contributed by atoms with Crippen LogP contribution in [0.4, 0.5) is 5.69 Å². The molecular weight excluding hydrogens is 296 g/mol. The van der Waals surface area contributed by atoms with Crippen LogP contribution in [-0.4, -0.2) is 10.4 Å². The summed E-state index contributed by atoms with van der Waals surface area (Å²) < 4.78 is 0. The van der Waals surface area contributed by atoms with E-state index in [-0.39, 0.29) is 5.41 Å². The quantitative estimate of drug-likeness (QED) is 0.758. The molecule has 2 aliphatic rings. The number of fused-ring (bicyclic) bond motifs is 2. The Bertz CT molecular complexity index is 672. The van der Waals surface area contributed by atoms with Gasteiger partial charge in [0.15, 0.2) is 0 Å². The molecule has 4 rings (SSSR count). The molecule has 0 spiro atoms. The van der Waals surface area contributed by atoms with Crippen LogP contribution in [0.3, 0.4) is 0 Å². The van der Waals surface area contributed by atoms with Gasteiger partial charge in [-0.15, -0.1) is 0 Å². The maximum atomic E-state index is 4.87. The second-order valence-electron chi connectivity index (χ2n) is 5.70. The summed E-state index contributed by atoms with van der Waals surface area (Å²) in [7, 11) is 3.77. The average molecular weight is 312 g/mol. The van der Waals surface area contributed by atoms with E-state index in [4.69, 9.17) is 5.10 Å². The average Bonchev–Trinajstić information content (AvgIpc) is 2.99. The van der Waals surface area contributed by atoms with E-state index < -0.39 is 0 Å². The van der Waals surface area contributed by atoms with Gasteiger partial charge in [-0.3, -0.25) is 0 Å². The summed E-state index contributed by atoms with van der Waals surface area (Å²) >= 11 is 0. The Morgan fingerprint density at radius 2 is 1.71 bits per heavy atom. The number of para-hydroxylation sites is 1. The van der Waals surface area contributed by atoms with Gasteiger partial charge in [0.1, 0.15) is 10.4 Å². The van der Waals surface area contributed by atoms with Gasteiger partial charge in [-0.2, -0.15) is 5.10 Å². The van der Waals surface area contributed by atoms with Crippen molar-refractivity contribution in [2.75, 3.05) is 5.01 Å². The highest BCUT2D eigenvalue weighted by Gasteiger charge is 2.54. The second kappa shape index (κ2) is 5.11. The standard InChI is InChI=1S/C17H16N2S2/c1-17(12-13-8-4-2-5-9-13)15-18-19(16(17)21-20-15)14-10-6-3-7-11-14/h2-11,16H,12H2,1H3. The smallest absolute Gasteiger partial charge is 0.120 e. The summed E-state index contributed by atoms with van der Waals surface area (Å²) in [6.07, 6.45) is 1.04. The molecule has 2 unspecified atom stereocenters. The normalized spacial score (nSPS) is 27.0. The first-order valence-corrected chi connectivity index (χ1v) is 9.29. The van der Waals surface area contributed by atoms with Crippen molar-refractivity contribution in [3.63, 3.8) is 0 Å². The maximum absolute atomic E-state index is 4.87. The summed E-state index contributed by atoms with van der Waals surface area (Å²) in [4.78, 5) is 0. The lowest BCUT2D eigenvalue weighted by atomic mass is 9.84. The first kappa shape index (κ1) is 13.3. The van der Waals surface area contributed by atoms with E-state index in [9.17, 15) is 0 Å². The fraction of sp³-hybridized carbons (Fsp3) is 0.235. The summed E-state index contributed by atoms with van der Waals surface area (Å²) in [5, 5.41) is 8.69. The van der Waals surface area contributed by atoms with Crippen LogP contribution >= 0.6 is 21.6 Å². The third kappa shape index (κ3) is 2.17. The molecule has 2 nitrogen and oxygen atoms in total. The van der Waals surface area contributed by atoms with Gasteiger partial charge in [-0.05, 0) is 34.9 Å². The molecule has 0 N–H and O–H groups in total. The molecule has 2 heterocycles. The molecule has 2 atom stereocenters. The number of hydrogen-bond acceptors (Lipinski definition) is 4. The lowest BCUT2D eigenvalue weighted by molar-refractivity contribution is 0.471. The van der Waals surface area contributed by atoms with Crippen molar-refractivity contribution >= 4 is 32.3 Å². The monoisotopic (exact) mass is 312 g/mol. The van der Waals surface area contributed by atoms with Gasteiger partial charge in [-0.25, -0.2) is 5.01 Å². The molecule has 0 amide bonds. The van der Waals surface area contributed by atoms with Crippen LogP contribution in [0.5, 0.6) is 0 Å². The SMILES string of the molecule is CC1(Cc2ccccc2)C2=NN(c3ccccc3)C1SS2. The van der Waals surface area contributed by atoms with Crippen molar-refractivity contribution in [2.45, 2.75) is 18.7 Å². The fourth-order valence-corrected chi connectivity index (χ4v) is 6.46. The Morgan fingerprint density at radius 1 is 1.05 bits per heavy atom. The molecule has 2 aliphatic heterocycles. The maximum Gasteiger partial charge on any atom is 0.120 e. The minimum Gasteiger partial charge on any atom is -0.250 e. The van der Waals surface area contributed by atoms with E-state index in [1.165, 1.54) is 16.3 Å². The predicted octanol–water partition coefficient (Wildman–Crippen LogP) is 4.79. The molecule has 2 aromatic rings. The molecule has 4 heteroatoms. The van der Waals surface area contributed by atoms with Gasteiger partial charge < -0.3 is 0 Å². The molecule has 0 aromatic heterocycles. The largest absolute Gasteiger partial charge is 0.250 e. The zero-order valence-corrected chi connectivity index (χ0v) is 13.4. The number of rotatable bonds is 3. The van der Waals surface area contributed by atoms with Crippen LogP contribution in [0.1, 0.15) is 12.5 Å². The van der Waals surface area contributed by atoms with E-state index in [1.807, 2.05) is 21.6 Å². The van der Waals surface area contributed by atoms with Crippen LogP contribution in [0.25, 0.3) is 0 Å². The van der Waals surface area contributed by atoms with Crippen molar-refractivity contribution in [3.8, 4) is 0 Å². The molecule has 21 heavy (non-hydrogen) atoms. The topological polar surface area (TPSA) is 15.6 Å². The van der Waals surface area contributed by atoms with Gasteiger partial charge in [0.25, 0.3) is 0 Å². The molecule has 0 saturated carbocycles. The van der Waals surface area contributed by atoms with Crippen molar-refractivity contribution in [3.05, 3.63) is 66.2 Å². The summed E-state index contributed by atoms with van der Waals surface area (Å²) in [5.41, 5.74) is 2.67. The third-order valence-corrected chi connectivity index (χ3v) is 7.12. The number of anilines is 1. The minimum absolute atomic E-state index is 0.104. The van der Waals surface area contributed by atoms with Gasteiger partial charge in [0.05, 0.1) is 11.1 Å². The summed E-state index contributed by atoms with van der Waals surface area (Å²) in [6, 6.07) is 21.2. The first-order chi connectivity index (χ1) is 10.3. The summed E-state index contributed by atoms with van der Waals surface area (Å²) in [5.74, 6) is 0. The van der Waals surface area contributed by atoms with E-state index in [0.717, 1.165) is 6.42 Å². The predicted molar refractivity (Wildman–Crippen MR) is 93.6 cm³/mol. The molecule has 1 saturated heterocycles. The minimum atomic E-state index is 0.104. The van der Waals surface area contributed by atoms with Gasteiger partial charge in [-0.1, -0.05) is 66.2 Å². The molecule has 1 fully saturated rings. The second-order valence-corrected chi connectivity index (χ2v) is 7.97. The third-order valence-electron chi connectivity index (χ3n) is 4.11. The Balaban J connectivity index is 1.66. The Labute approximate surface area is 133 Å². The van der Waals surface area contributed by atoms with Crippen LogP contribution < -0.4 is 5.01 Å². The number of nitrogens with zero attached hydrogens (tertiary/aromatic N) is 2. The molecule has 0 aliphatic carbocycles. The van der Waals surface area contributed by atoms with E-state index in [1.54, 1.807) is 0 Å². The first-order valence-electron chi connectivity index (χ1n) is 7.08. The lowest BCUT2D eigenvalue weighted by Gasteiger charge is -2.29. The van der Waals surface area contributed by atoms with E-state index in [2.05, 4.69) is 72.6 Å². The zero-order valence-electron chi connectivity index (χ0n) is 11.8. The Hall–Kier alpha value is -1.39. The Kier molecular flexibility index (Phi) is 3.23. The molecular formula is C17H16N2S2. The number of hydrazone groups is 1. The van der Waals surface area contributed by atoms with Crippen molar-refractivity contribution in [2.24, 2.45) is 10.5 Å². The summed E-state index contributed by atoms with van der Waals surface area (Å²) in [6.45, 7) is 2.35. The van der Waals surface area contributed by atoms with Crippen LogP contribution in [0, 0.1) is 5.41 Å². The van der Waals surface area contributed by atoms with Gasteiger partial charge in [0, 0.05) is 0 Å². The number of benzene rings is 2. The van der Waals surface area contributed by atoms with Crippen LogP contribution in [-0.2, 0) is 6.42 Å². The van der Waals surface area contributed by atoms with Gasteiger partial charge in [0.2, 0.25) is 0 Å². The molecule has 106 valence electrons. The molecule has 2 bridgehead atoms. The fourth-order valence-electron chi connectivity index (χ4n) is 2.95. The highest BCUT2D eigenvalue weighted by molar-refractivity contribution is 8.83. The highest BCUT2D eigenvalue weighted by Crippen LogP contribution is 2.59. The van der Waals surface area contributed by atoms with Crippen LogP contribution in [0.2, 0.25) is 0 Å². The van der Waals surface area contributed by atoms with Crippen molar-refractivity contribution in [1.82, 2.24) is 0 Å². The molecule has 2 aromatic carbocycles. The lowest BCUT2D eigenvalue weighted by Crippen LogP contribution is -2.36. The van der Waals surface area contributed by atoms with Gasteiger partial charge >= 0.3 is 0 Å². The highest BCUT2D eigenvalue weighted by atomic mass is 33.1. The van der Waals surface area contributed by atoms with Crippen LogP contribution in [0.15, 0.2) is 65.8 Å². The van der Waals surface area contributed by atoms with Crippen molar-refractivity contribution < 1.29 is 0 Å². The molecule has 0 radical (unpaired) electrons. The van der Waals surface area contributed by atoms with Crippen molar-refractivity contribution in [1.29, 1.82) is 0 Å². The zero-order chi connectivity index (χ0) is 14.3.